The van der Waals surface area contributed by atoms with E-state index in [1.165, 1.54) is 12.1 Å². The summed E-state index contributed by atoms with van der Waals surface area (Å²) in [5, 5.41) is 14.7. The maximum Gasteiger partial charge on any atom is 0.269 e. The molecule has 7 nitrogen and oxygen atoms in total. The second-order valence-electron chi connectivity index (χ2n) is 5.79. The molecule has 0 amide bonds. The molecule has 0 aliphatic carbocycles. The summed E-state index contributed by atoms with van der Waals surface area (Å²) in [6, 6.07) is 11.6. The number of hydrogen-bond acceptors (Lipinski definition) is 6. The number of methoxy groups -OCH3 is 1. The Kier molecular flexibility index (Phi) is 6.33. The Hall–Kier alpha value is -3.09. The van der Waals surface area contributed by atoms with Gasteiger partial charge >= 0.3 is 0 Å². The molecule has 0 saturated heterocycles. The maximum absolute atomic E-state index is 10.6. The standard InChI is InChI=1S/C18H21N3O4/c1-13(2)12-25-17-9-4-14(10-18(17)24-3)11-19-20-15-5-7-16(8-6-15)21(22)23/h4-11,13,20H,12H2,1-3H3. The van der Waals surface area contributed by atoms with Crippen molar-refractivity contribution in [3.05, 3.63) is 58.1 Å². The van der Waals surface area contributed by atoms with E-state index in [-0.39, 0.29) is 5.69 Å². The molecule has 2 aromatic carbocycles. The van der Waals surface area contributed by atoms with Crippen molar-refractivity contribution in [2.45, 2.75) is 13.8 Å². The average molecular weight is 343 g/mol. The molecule has 25 heavy (non-hydrogen) atoms. The number of nitrogens with zero attached hydrogens (tertiary/aromatic N) is 2. The molecule has 1 N–H and O–H groups in total. The van der Waals surface area contributed by atoms with Crippen LogP contribution in [0.25, 0.3) is 0 Å². The van der Waals surface area contributed by atoms with Crippen LogP contribution in [0.4, 0.5) is 11.4 Å². The first kappa shape index (κ1) is 18.3. The summed E-state index contributed by atoms with van der Waals surface area (Å²) in [6.07, 6.45) is 1.64. The number of hydrogen-bond donors (Lipinski definition) is 1. The fourth-order valence-corrected chi connectivity index (χ4v) is 1.98. The summed E-state index contributed by atoms with van der Waals surface area (Å²) < 4.78 is 11.1. The van der Waals surface area contributed by atoms with Crippen LogP contribution in [0.3, 0.4) is 0 Å². The molecule has 0 saturated carbocycles. The van der Waals surface area contributed by atoms with Crippen LogP contribution in [0.2, 0.25) is 0 Å². The Morgan fingerprint density at radius 3 is 2.52 bits per heavy atom. The lowest BCUT2D eigenvalue weighted by Crippen LogP contribution is -2.05. The molecular weight excluding hydrogens is 322 g/mol. The highest BCUT2D eigenvalue weighted by molar-refractivity contribution is 5.81. The Labute approximate surface area is 146 Å². The van der Waals surface area contributed by atoms with Gasteiger partial charge in [0.2, 0.25) is 0 Å². The molecule has 0 aliphatic heterocycles. The van der Waals surface area contributed by atoms with Crippen molar-refractivity contribution < 1.29 is 14.4 Å². The summed E-state index contributed by atoms with van der Waals surface area (Å²) in [5.74, 6) is 1.76. The van der Waals surface area contributed by atoms with E-state index in [0.717, 1.165) is 5.56 Å². The Morgan fingerprint density at radius 1 is 1.20 bits per heavy atom. The summed E-state index contributed by atoms with van der Waals surface area (Å²) in [7, 11) is 1.59. The summed E-state index contributed by atoms with van der Waals surface area (Å²) >= 11 is 0. The minimum Gasteiger partial charge on any atom is -0.493 e. The quantitative estimate of drug-likeness (QED) is 0.443. The normalized spacial score (nSPS) is 10.9. The van der Waals surface area contributed by atoms with Gasteiger partial charge in [0.25, 0.3) is 5.69 Å². The van der Waals surface area contributed by atoms with Gasteiger partial charge in [-0.15, -0.1) is 0 Å². The van der Waals surface area contributed by atoms with Crippen LogP contribution < -0.4 is 14.9 Å². The number of non-ortho nitro benzene ring substituents is 1. The number of anilines is 1. The van der Waals surface area contributed by atoms with Crippen LogP contribution >= 0.6 is 0 Å². The molecule has 2 rings (SSSR count). The first-order valence-corrected chi connectivity index (χ1v) is 7.84. The van der Waals surface area contributed by atoms with E-state index >= 15 is 0 Å². The molecule has 7 heteroatoms. The van der Waals surface area contributed by atoms with E-state index in [9.17, 15) is 10.1 Å². The topological polar surface area (TPSA) is 86.0 Å². The predicted octanol–water partition coefficient (Wildman–Crippen LogP) is 4.08. The lowest BCUT2D eigenvalue weighted by molar-refractivity contribution is -0.384. The van der Waals surface area contributed by atoms with Gasteiger partial charge in [-0.1, -0.05) is 13.8 Å². The van der Waals surface area contributed by atoms with Gasteiger partial charge in [-0.05, 0) is 41.8 Å². The zero-order valence-corrected chi connectivity index (χ0v) is 14.4. The first-order chi connectivity index (χ1) is 12.0. The smallest absolute Gasteiger partial charge is 0.269 e. The average Bonchev–Trinajstić information content (AvgIpc) is 2.60. The fourth-order valence-electron chi connectivity index (χ4n) is 1.98. The Morgan fingerprint density at radius 2 is 1.92 bits per heavy atom. The van der Waals surface area contributed by atoms with E-state index < -0.39 is 4.92 Å². The van der Waals surface area contributed by atoms with Crippen molar-refractivity contribution in [1.82, 2.24) is 0 Å². The van der Waals surface area contributed by atoms with Crippen molar-refractivity contribution in [2.24, 2.45) is 11.0 Å². The van der Waals surface area contributed by atoms with Crippen molar-refractivity contribution >= 4 is 17.6 Å². The molecular formula is C18H21N3O4. The van der Waals surface area contributed by atoms with E-state index in [1.807, 2.05) is 18.2 Å². The number of ether oxygens (including phenoxy) is 2. The van der Waals surface area contributed by atoms with Crippen LogP contribution in [-0.2, 0) is 0 Å². The third-order valence-corrected chi connectivity index (χ3v) is 3.25. The predicted molar refractivity (Wildman–Crippen MR) is 97.6 cm³/mol. The zero-order chi connectivity index (χ0) is 18.2. The van der Waals surface area contributed by atoms with Gasteiger partial charge in [-0.25, -0.2) is 0 Å². The van der Waals surface area contributed by atoms with Crippen LogP contribution in [0.1, 0.15) is 19.4 Å². The van der Waals surface area contributed by atoms with Crippen LogP contribution in [0.5, 0.6) is 11.5 Å². The van der Waals surface area contributed by atoms with Crippen LogP contribution in [-0.4, -0.2) is 24.9 Å². The zero-order valence-electron chi connectivity index (χ0n) is 14.4. The van der Waals surface area contributed by atoms with E-state index in [1.54, 1.807) is 25.5 Å². The van der Waals surface area contributed by atoms with Gasteiger partial charge in [0, 0.05) is 12.1 Å². The van der Waals surface area contributed by atoms with Crippen molar-refractivity contribution in [3.63, 3.8) is 0 Å². The monoisotopic (exact) mass is 343 g/mol. The molecule has 0 spiro atoms. The van der Waals surface area contributed by atoms with Gasteiger partial charge < -0.3 is 9.47 Å². The highest BCUT2D eigenvalue weighted by Crippen LogP contribution is 2.28. The molecule has 2 aromatic rings. The lowest BCUT2D eigenvalue weighted by Gasteiger charge is -2.12. The highest BCUT2D eigenvalue weighted by Gasteiger charge is 2.06. The van der Waals surface area contributed by atoms with Gasteiger partial charge in [-0.3, -0.25) is 15.5 Å². The minimum atomic E-state index is -0.442. The molecule has 0 bridgehead atoms. The van der Waals surface area contributed by atoms with Crippen molar-refractivity contribution in [3.8, 4) is 11.5 Å². The third kappa shape index (κ3) is 5.49. The van der Waals surface area contributed by atoms with E-state index in [2.05, 4.69) is 24.4 Å². The Balaban J connectivity index is 2.01. The second kappa shape index (κ2) is 8.68. The molecule has 132 valence electrons. The minimum absolute atomic E-state index is 0.0382. The number of nitrogens with one attached hydrogen (secondary N) is 1. The number of benzene rings is 2. The summed E-state index contributed by atoms with van der Waals surface area (Å²) in [6.45, 7) is 4.78. The number of nitro benzene ring substituents is 1. The summed E-state index contributed by atoms with van der Waals surface area (Å²) in [5.41, 5.74) is 4.36. The second-order valence-corrected chi connectivity index (χ2v) is 5.79. The number of nitro groups is 1. The molecule has 0 fully saturated rings. The van der Waals surface area contributed by atoms with Crippen molar-refractivity contribution in [1.29, 1.82) is 0 Å². The van der Waals surface area contributed by atoms with Gasteiger partial charge in [0.05, 0.1) is 30.5 Å². The van der Waals surface area contributed by atoms with Gasteiger partial charge in [0.15, 0.2) is 11.5 Å². The van der Waals surface area contributed by atoms with E-state index in [4.69, 9.17) is 9.47 Å². The SMILES string of the molecule is COc1cc(C=NNc2ccc([N+](=O)[O-])cc2)ccc1OCC(C)C. The van der Waals surface area contributed by atoms with Crippen molar-refractivity contribution in [2.75, 3.05) is 19.1 Å². The maximum atomic E-state index is 10.6. The largest absolute Gasteiger partial charge is 0.493 e. The number of rotatable bonds is 8. The van der Waals surface area contributed by atoms with Gasteiger partial charge in [0.1, 0.15) is 0 Å². The van der Waals surface area contributed by atoms with E-state index in [0.29, 0.717) is 29.7 Å². The number of hydrazone groups is 1. The summed E-state index contributed by atoms with van der Waals surface area (Å²) in [4.78, 5) is 10.2. The molecule has 0 radical (unpaired) electrons. The molecule has 0 heterocycles. The molecule has 0 unspecified atom stereocenters. The molecule has 0 aliphatic rings. The lowest BCUT2D eigenvalue weighted by atomic mass is 10.2. The molecule has 0 aromatic heterocycles. The molecule has 0 atom stereocenters. The van der Waals surface area contributed by atoms with Crippen LogP contribution in [0.15, 0.2) is 47.6 Å². The Bertz CT molecular complexity index is 742. The van der Waals surface area contributed by atoms with Crippen LogP contribution in [0, 0.1) is 16.0 Å². The third-order valence-electron chi connectivity index (χ3n) is 3.25. The fraction of sp³-hybridized carbons (Fsp3) is 0.278. The van der Waals surface area contributed by atoms with Gasteiger partial charge in [-0.2, -0.15) is 5.10 Å². The highest BCUT2D eigenvalue weighted by atomic mass is 16.6. The first-order valence-electron chi connectivity index (χ1n) is 7.84.